The highest BCUT2D eigenvalue weighted by Crippen LogP contribution is 2.40. The van der Waals surface area contributed by atoms with Crippen molar-refractivity contribution in [1.29, 1.82) is 0 Å². The normalized spacial score (nSPS) is 17.6. The summed E-state index contributed by atoms with van der Waals surface area (Å²) in [6, 6.07) is 6.18. The topological polar surface area (TPSA) is 92.6 Å². The predicted octanol–water partition coefficient (Wildman–Crippen LogP) is 3.86. The number of nitrogens with zero attached hydrogens (tertiary/aromatic N) is 2. The summed E-state index contributed by atoms with van der Waals surface area (Å²) in [7, 11) is -3.85. The van der Waals surface area contributed by atoms with E-state index in [2.05, 4.69) is 10.8 Å². The van der Waals surface area contributed by atoms with Crippen molar-refractivity contribution >= 4 is 32.7 Å². The lowest BCUT2D eigenvalue weighted by atomic mass is 10.0. The van der Waals surface area contributed by atoms with Crippen molar-refractivity contribution in [3.63, 3.8) is 0 Å². The lowest BCUT2D eigenvalue weighted by Crippen LogP contribution is -2.40. The first-order valence-corrected chi connectivity index (χ1v) is 11.0. The first-order valence-electron chi connectivity index (χ1n) is 8.65. The van der Waals surface area contributed by atoms with E-state index < -0.39 is 20.5 Å². The fourth-order valence-corrected chi connectivity index (χ4v) is 5.76. The van der Waals surface area contributed by atoms with Crippen LogP contribution in [0.5, 0.6) is 0 Å². The standard InChI is InChI=1S/C18H23N3O4S2/c1-12-14-8-10-26-17(14)7-9-20(12)15-6-5-13(11-16(15)21(22)23)27(24,25)19-18(2,3)4/h5-6,8,10-12,19H,7,9H2,1-4H3/t12-/m1/s1. The van der Waals surface area contributed by atoms with E-state index in [0.29, 0.717) is 12.2 Å². The summed E-state index contributed by atoms with van der Waals surface area (Å²) in [5, 5.41) is 13.7. The summed E-state index contributed by atoms with van der Waals surface area (Å²) < 4.78 is 27.6. The summed E-state index contributed by atoms with van der Waals surface area (Å²) in [5.74, 6) is 0. The molecule has 27 heavy (non-hydrogen) atoms. The van der Waals surface area contributed by atoms with Gasteiger partial charge in [-0.05, 0) is 63.3 Å². The number of nitro groups is 1. The number of nitrogens with one attached hydrogen (secondary N) is 1. The molecule has 1 N–H and O–H groups in total. The Morgan fingerprint density at radius 1 is 1.30 bits per heavy atom. The lowest BCUT2D eigenvalue weighted by molar-refractivity contribution is -0.384. The minimum atomic E-state index is -3.85. The second-order valence-electron chi connectivity index (χ2n) is 7.68. The predicted molar refractivity (Wildman–Crippen MR) is 107 cm³/mol. The molecule has 1 aliphatic heterocycles. The van der Waals surface area contributed by atoms with Gasteiger partial charge in [-0.25, -0.2) is 13.1 Å². The monoisotopic (exact) mass is 409 g/mol. The van der Waals surface area contributed by atoms with Crippen molar-refractivity contribution in [2.75, 3.05) is 11.4 Å². The molecule has 0 spiro atoms. The van der Waals surface area contributed by atoms with Gasteiger partial charge in [-0.1, -0.05) is 0 Å². The van der Waals surface area contributed by atoms with E-state index in [1.54, 1.807) is 38.2 Å². The van der Waals surface area contributed by atoms with Gasteiger partial charge in [0.15, 0.2) is 0 Å². The first-order chi connectivity index (χ1) is 12.5. The van der Waals surface area contributed by atoms with Crippen LogP contribution in [-0.4, -0.2) is 25.4 Å². The highest BCUT2D eigenvalue weighted by molar-refractivity contribution is 7.89. The Balaban J connectivity index is 2.02. The fraction of sp³-hybridized carbons (Fsp3) is 0.444. The summed E-state index contributed by atoms with van der Waals surface area (Å²) >= 11 is 1.70. The molecule has 1 aliphatic rings. The van der Waals surface area contributed by atoms with Gasteiger partial charge in [0.2, 0.25) is 10.0 Å². The van der Waals surface area contributed by atoms with E-state index in [0.717, 1.165) is 12.5 Å². The quantitative estimate of drug-likeness (QED) is 0.611. The zero-order valence-electron chi connectivity index (χ0n) is 15.7. The molecule has 146 valence electrons. The van der Waals surface area contributed by atoms with E-state index in [-0.39, 0.29) is 16.6 Å². The van der Waals surface area contributed by atoms with Gasteiger partial charge in [0.1, 0.15) is 5.69 Å². The average Bonchev–Trinajstić information content (AvgIpc) is 3.02. The molecule has 0 amide bonds. The molecule has 0 saturated carbocycles. The maximum absolute atomic E-state index is 12.6. The smallest absolute Gasteiger partial charge is 0.293 e. The van der Waals surface area contributed by atoms with Crippen molar-refractivity contribution in [3.05, 3.63) is 50.2 Å². The van der Waals surface area contributed by atoms with E-state index in [1.807, 2.05) is 17.2 Å². The number of sulfonamides is 1. The van der Waals surface area contributed by atoms with Gasteiger partial charge >= 0.3 is 0 Å². The molecule has 1 atom stereocenters. The van der Waals surface area contributed by atoms with Gasteiger partial charge in [0.05, 0.1) is 15.9 Å². The molecule has 0 unspecified atom stereocenters. The van der Waals surface area contributed by atoms with Crippen LogP contribution in [0.4, 0.5) is 11.4 Å². The molecular formula is C18H23N3O4S2. The Morgan fingerprint density at radius 2 is 2.00 bits per heavy atom. The molecule has 9 heteroatoms. The van der Waals surface area contributed by atoms with Gasteiger partial charge in [0.25, 0.3) is 5.69 Å². The van der Waals surface area contributed by atoms with Gasteiger partial charge in [-0.2, -0.15) is 0 Å². The molecule has 0 fully saturated rings. The third-order valence-corrected chi connectivity index (χ3v) is 7.23. The molecule has 0 bridgehead atoms. The number of anilines is 1. The minimum Gasteiger partial charge on any atom is -0.359 e. The molecule has 3 rings (SSSR count). The number of nitro benzene ring substituents is 1. The molecule has 0 saturated heterocycles. The first kappa shape index (κ1) is 19.8. The van der Waals surface area contributed by atoms with E-state index in [1.165, 1.54) is 16.5 Å². The van der Waals surface area contributed by atoms with Crippen LogP contribution in [-0.2, 0) is 16.4 Å². The molecule has 2 aromatic rings. The Labute approximate surface area is 163 Å². The van der Waals surface area contributed by atoms with Crippen molar-refractivity contribution in [2.45, 2.75) is 50.6 Å². The van der Waals surface area contributed by atoms with Crippen molar-refractivity contribution in [2.24, 2.45) is 0 Å². The molecule has 2 heterocycles. The van der Waals surface area contributed by atoms with Crippen LogP contribution in [0.15, 0.2) is 34.5 Å². The van der Waals surface area contributed by atoms with Crippen LogP contribution in [0, 0.1) is 10.1 Å². The second-order valence-corrected chi connectivity index (χ2v) is 10.4. The number of hydrogen-bond acceptors (Lipinski definition) is 6. The van der Waals surface area contributed by atoms with Gasteiger partial charge < -0.3 is 4.90 Å². The third kappa shape index (κ3) is 3.99. The van der Waals surface area contributed by atoms with Crippen LogP contribution >= 0.6 is 11.3 Å². The number of benzene rings is 1. The van der Waals surface area contributed by atoms with Crippen LogP contribution < -0.4 is 9.62 Å². The Bertz CT molecular complexity index is 977. The molecule has 0 aliphatic carbocycles. The Morgan fingerprint density at radius 3 is 2.63 bits per heavy atom. The van der Waals surface area contributed by atoms with Crippen molar-refractivity contribution in [1.82, 2.24) is 4.72 Å². The highest BCUT2D eigenvalue weighted by atomic mass is 32.2. The third-order valence-electron chi connectivity index (χ3n) is 4.48. The molecule has 0 radical (unpaired) electrons. The van der Waals surface area contributed by atoms with Crippen LogP contribution in [0.25, 0.3) is 0 Å². The Hall–Kier alpha value is -1.97. The van der Waals surface area contributed by atoms with E-state index in [4.69, 9.17) is 0 Å². The van der Waals surface area contributed by atoms with Crippen molar-refractivity contribution < 1.29 is 13.3 Å². The van der Waals surface area contributed by atoms with Crippen molar-refractivity contribution in [3.8, 4) is 0 Å². The maximum Gasteiger partial charge on any atom is 0.293 e. The Kier molecular flexibility index (Phi) is 5.04. The van der Waals surface area contributed by atoms with Gasteiger partial charge in [0, 0.05) is 23.0 Å². The van der Waals surface area contributed by atoms with Gasteiger partial charge in [-0.3, -0.25) is 10.1 Å². The number of thiophene rings is 1. The highest BCUT2D eigenvalue weighted by Gasteiger charge is 2.31. The summed E-state index contributed by atoms with van der Waals surface area (Å²) in [6.45, 7) is 7.84. The SMILES string of the molecule is C[C@@H]1c2ccsc2CCN1c1ccc(S(=O)(=O)NC(C)(C)C)cc1[N+](=O)[O-]. The van der Waals surface area contributed by atoms with Gasteiger partial charge in [-0.15, -0.1) is 11.3 Å². The van der Waals surface area contributed by atoms with Crippen LogP contribution in [0.3, 0.4) is 0 Å². The molecular weight excluding hydrogens is 386 g/mol. The number of fused-ring (bicyclic) bond motifs is 1. The molecule has 7 nitrogen and oxygen atoms in total. The number of rotatable bonds is 4. The fourth-order valence-electron chi connectivity index (χ4n) is 3.36. The maximum atomic E-state index is 12.6. The molecule has 1 aromatic carbocycles. The second kappa shape index (κ2) is 6.88. The largest absolute Gasteiger partial charge is 0.359 e. The van der Waals surface area contributed by atoms with E-state index >= 15 is 0 Å². The van der Waals surface area contributed by atoms with E-state index in [9.17, 15) is 18.5 Å². The zero-order chi connectivity index (χ0) is 20.0. The minimum absolute atomic E-state index is 0.00569. The average molecular weight is 410 g/mol. The van der Waals surface area contributed by atoms with Crippen LogP contribution in [0.1, 0.15) is 44.2 Å². The van der Waals surface area contributed by atoms with Crippen LogP contribution in [0.2, 0.25) is 0 Å². The number of hydrogen-bond donors (Lipinski definition) is 1. The summed E-state index contributed by atoms with van der Waals surface area (Å²) in [5.41, 5.74) is 0.742. The molecule has 1 aromatic heterocycles. The zero-order valence-corrected chi connectivity index (χ0v) is 17.4. The lowest BCUT2D eigenvalue weighted by Gasteiger charge is -2.35. The summed E-state index contributed by atoms with van der Waals surface area (Å²) in [6.07, 6.45) is 0.820. The summed E-state index contributed by atoms with van der Waals surface area (Å²) in [4.78, 5) is 14.4.